The van der Waals surface area contributed by atoms with E-state index in [4.69, 9.17) is 9.94 Å². The molecular formula is C15H18N2O2. The second kappa shape index (κ2) is 5.61. The van der Waals surface area contributed by atoms with Crippen LogP contribution in [0, 0.1) is 13.8 Å². The molecule has 1 aromatic heterocycles. The first-order valence-electron chi connectivity index (χ1n) is 6.27. The summed E-state index contributed by atoms with van der Waals surface area (Å²) in [6.45, 7) is 6.66. The molecule has 0 saturated carbocycles. The number of benzene rings is 1. The maximum absolute atomic E-state index is 8.65. The molecule has 0 fully saturated rings. The van der Waals surface area contributed by atoms with E-state index in [1.54, 1.807) is 0 Å². The lowest BCUT2D eigenvalue weighted by molar-refractivity contribution is 0.322. The predicted molar refractivity (Wildman–Crippen MR) is 75.8 cm³/mol. The molecule has 0 unspecified atom stereocenters. The Morgan fingerprint density at radius 2 is 1.95 bits per heavy atom. The Balaban J connectivity index is 2.41. The smallest absolute Gasteiger partial charge is 0.119 e. The average molecular weight is 258 g/mol. The molecule has 4 nitrogen and oxygen atoms in total. The first-order chi connectivity index (χ1) is 9.17. The van der Waals surface area contributed by atoms with Gasteiger partial charge in [0.25, 0.3) is 0 Å². The molecule has 0 aliphatic carbocycles. The normalized spacial score (nSPS) is 11.1. The van der Waals surface area contributed by atoms with E-state index >= 15 is 0 Å². The van der Waals surface area contributed by atoms with Gasteiger partial charge in [-0.1, -0.05) is 5.16 Å². The van der Waals surface area contributed by atoms with Crippen molar-refractivity contribution in [3.63, 3.8) is 0 Å². The number of oxime groups is 1. The zero-order chi connectivity index (χ0) is 13.8. The highest BCUT2D eigenvalue weighted by molar-refractivity contribution is 5.81. The van der Waals surface area contributed by atoms with Gasteiger partial charge in [0, 0.05) is 22.6 Å². The van der Waals surface area contributed by atoms with Crippen LogP contribution in [0.3, 0.4) is 0 Å². The van der Waals surface area contributed by atoms with Crippen LogP contribution in [0.25, 0.3) is 5.69 Å². The summed E-state index contributed by atoms with van der Waals surface area (Å²) < 4.78 is 7.56. The molecule has 100 valence electrons. The number of aromatic nitrogens is 1. The van der Waals surface area contributed by atoms with Crippen LogP contribution in [0.2, 0.25) is 0 Å². The van der Waals surface area contributed by atoms with Crippen molar-refractivity contribution in [2.45, 2.75) is 20.8 Å². The maximum atomic E-state index is 8.65. The number of aryl methyl sites for hydroxylation is 1. The zero-order valence-electron chi connectivity index (χ0n) is 11.4. The first kappa shape index (κ1) is 13.2. The summed E-state index contributed by atoms with van der Waals surface area (Å²) in [5, 5.41) is 11.7. The van der Waals surface area contributed by atoms with Gasteiger partial charge in [0.15, 0.2) is 0 Å². The van der Waals surface area contributed by atoms with Crippen LogP contribution in [0.4, 0.5) is 0 Å². The van der Waals surface area contributed by atoms with E-state index in [-0.39, 0.29) is 0 Å². The molecule has 0 atom stereocenters. The Morgan fingerprint density at radius 3 is 2.53 bits per heavy atom. The van der Waals surface area contributed by atoms with Gasteiger partial charge in [-0.2, -0.15) is 0 Å². The molecule has 4 heteroatoms. The summed E-state index contributed by atoms with van der Waals surface area (Å²) in [6, 6.07) is 9.94. The third-order valence-electron chi connectivity index (χ3n) is 3.07. The van der Waals surface area contributed by atoms with Gasteiger partial charge in [-0.15, -0.1) is 0 Å². The fraction of sp³-hybridized carbons (Fsp3) is 0.267. The number of hydrogen-bond acceptors (Lipinski definition) is 3. The van der Waals surface area contributed by atoms with Gasteiger partial charge in [-0.05, 0) is 51.1 Å². The van der Waals surface area contributed by atoms with E-state index in [0.29, 0.717) is 6.61 Å². The molecule has 1 heterocycles. The third kappa shape index (κ3) is 2.62. The zero-order valence-corrected chi connectivity index (χ0v) is 11.4. The molecular weight excluding hydrogens is 240 g/mol. The Morgan fingerprint density at radius 1 is 1.26 bits per heavy atom. The summed E-state index contributed by atoms with van der Waals surface area (Å²) >= 11 is 0. The highest BCUT2D eigenvalue weighted by atomic mass is 16.5. The van der Waals surface area contributed by atoms with Crippen molar-refractivity contribution in [2.24, 2.45) is 5.16 Å². The second-order valence-electron chi connectivity index (χ2n) is 4.33. The Hall–Kier alpha value is -2.23. The summed E-state index contributed by atoms with van der Waals surface area (Å²) in [6.07, 6.45) is 1.45. The molecule has 0 radical (unpaired) electrons. The molecule has 1 N–H and O–H groups in total. The van der Waals surface area contributed by atoms with Crippen LogP contribution >= 0.6 is 0 Å². The Kier molecular flexibility index (Phi) is 3.90. The SMILES string of the molecule is CCOc1ccc(-n2c(C)cc(C=NO)c2C)cc1. The quantitative estimate of drug-likeness (QED) is 0.519. The number of nitrogens with zero attached hydrogens (tertiary/aromatic N) is 2. The molecule has 0 amide bonds. The monoisotopic (exact) mass is 258 g/mol. The minimum atomic E-state index is 0.665. The minimum absolute atomic E-state index is 0.665. The molecule has 2 aromatic rings. The minimum Gasteiger partial charge on any atom is -0.494 e. The fourth-order valence-corrected chi connectivity index (χ4v) is 2.24. The van der Waals surface area contributed by atoms with Crippen molar-refractivity contribution >= 4 is 6.21 Å². The molecule has 0 aliphatic rings. The Labute approximate surface area is 112 Å². The van der Waals surface area contributed by atoms with E-state index in [1.165, 1.54) is 6.21 Å². The molecule has 0 saturated heterocycles. The highest BCUT2D eigenvalue weighted by Crippen LogP contribution is 2.22. The van der Waals surface area contributed by atoms with Crippen molar-refractivity contribution < 1.29 is 9.94 Å². The van der Waals surface area contributed by atoms with Gasteiger partial charge in [-0.25, -0.2) is 0 Å². The van der Waals surface area contributed by atoms with Crippen LogP contribution in [0.15, 0.2) is 35.5 Å². The van der Waals surface area contributed by atoms with Crippen molar-refractivity contribution in [3.8, 4) is 11.4 Å². The van der Waals surface area contributed by atoms with Gasteiger partial charge in [-0.3, -0.25) is 0 Å². The third-order valence-corrected chi connectivity index (χ3v) is 3.07. The fourth-order valence-electron chi connectivity index (χ4n) is 2.24. The number of hydrogen-bond donors (Lipinski definition) is 1. The molecule has 0 spiro atoms. The van der Waals surface area contributed by atoms with Crippen LogP contribution in [-0.4, -0.2) is 22.6 Å². The average Bonchev–Trinajstić information content (AvgIpc) is 2.67. The van der Waals surface area contributed by atoms with Crippen molar-refractivity contribution in [1.82, 2.24) is 4.57 Å². The molecule has 0 bridgehead atoms. The summed E-state index contributed by atoms with van der Waals surface area (Å²) in [7, 11) is 0. The molecule has 19 heavy (non-hydrogen) atoms. The van der Waals surface area contributed by atoms with Gasteiger partial charge in [0.2, 0.25) is 0 Å². The van der Waals surface area contributed by atoms with E-state index in [0.717, 1.165) is 28.4 Å². The first-order valence-corrected chi connectivity index (χ1v) is 6.27. The van der Waals surface area contributed by atoms with Crippen LogP contribution in [0.1, 0.15) is 23.9 Å². The van der Waals surface area contributed by atoms with Gasteiger partial charge in [0.1, 0.15) is 5.75 Å². The lowest BCUT2D eigenvalue weighted by Crippen LogP contribution is -2.00. The van der Waals surface area contributed by atoms with Gasteiger partial charge in [0.05, 0.1) is 12.8 Å². The molecule has 0 aliphatic heterocycles. The standard InChI is InChI=1S/C15H18N2O2/c1-4-19-15-7-5-14(6-8-15)17-11(2)9-13(10-16-18)12(17)3/h5-10,18H,4H2,1-3H3. The lowest BCUT2D eigenvalue weighted by Gasteiger charge is -2.10. The predicted octanol–water partition coefficient (Wildman–Crippen LogP) is 3.30. The summed E-state index contributed by atoms with van der Waals surface area (Å²) in [4.78, 5) is 0. The lowest BCUT2D eigenvalue weighted by atomic mass is 10.2. The maximum Gasteiger partial charge on any atom is 0.119 e. The largest absolute Gasteiger partial charge is 0.494 e. The number of ether oxygens (including phenoxy) is 1. The van der Waals surface area contributed by atoms with Gasteiger partial charge < -0.3 is 14.5 Å². The Bertz CT molecular complexity index is 583. The second-order valence-corrected chi connectivity index (χ2v) is 4.33. The topological polar surface area (TPSA) is 46.8 Å². The van der Waals surface area contributed by atoms with Crippen molar-refractivity contribution in [1.29, 1.82) is 0 Å². The van der Waals surface area contributed by atoms with Gasteiger partial charge >= 0.3 is 0 Å². The van der Waals surface area contributed by atoms with Crippen LogP contribution < -0.4 is 4.74 Å². The number of rotatable bonds is 4. The van der Waals surface area contributed by atoms with E-state index in [2.05, 4.69) is 9.72 Å². The summed E-state index contributed by atoms with van der Waals surface area (Å²) in [5.41, 5.74) is 4.11. The summed E-state index contributed by atoms with van der Waals surface area (Å²) in [5.74, 6) is 0.867. The van der Waals surface area contributed by atoms with Crippen LogP contribution in [-0.2, 0) is 0 Å². The highest BCUT2D eigenvalue weighted by Gasteiger charge is 2.09. The van der Waals surface area contributed by atoms with E-state index < -0.39 is 0 Å². The van der Waals surface area contributed by atoms with E-state index in [1.807, 2.05) is 51.1 Å². The van der Waals surface area contributed by atoms with Crippen LogP contribution in [0.5, 0.6) is 5.75 Å². The molecule has 1 aromatic carbocycles. The molecule has 2 rings (SSSR count). The van der Waals surface area contributed by atoms with E-state index in [9.17, 15) is 0 Å². The van der Waals surface area contributed by atoms with Crippen molar-refractivity contribution in [3.05, 3.63) is 47.3 Å². The van der Waals surface area contributed by atoms with Crippen molar-refractivity contribution in [2.75, 3.05) is 6.61 Å².